The second-order valence-corrected chi connectivity index (χ2v) is 8.24. The molecule has 0 saturated heterocycles. The number of carbonyl (C=O) groups is 1. The summed E-state index contributed by atoms with van der Waals surface area (Å²) in [7, 11) is -4.12. The number of hydrogen-bond acceptors (Lipinski definition) is 3. The van der Waals surface area contributed by atoms with E-state index in [-0.39, 0.29) is 15.5 Å². The first kappa shape index (κ1) is 16.4. The van der Waals surface area contributed by atoms with Gasteiger partial charge in [0.15, 0.2) is 0 Å². The average Bonchev–Trinajstić information content (AvgIpc) is 2.95. The maximum Gasteiger partial charge on any atom is 0.251 e. The van der Waals surface area contributed by atoms with Crippen LogP contribution in [0.15, 0.2) is 21.5 Å². The van der Waals surface area contributed by atoms with Crippen molar-refractivity contribution in [3.63, 3.8) is 0 Å². The van der Waals surface area contributed by atoms with Crippen molar-refractivity contribution in [3.05, 3.63) is 28.0 Å². The van der Waals surface area contributed by atoms with Crippen LogP contribution in [0.25, 0.3) is 0 Å². The van der Waals surface area contributed by atoms with Crippen molar-refractivity contribution in [2.24, 2.45) is 16.5 Å². The first-order chi connectivity index (χ1) is 9.52. The number of carbonyl (C=O) groups excluding carboxylic acids is 1. The summed E-state index contributed by atoms with van der Waals surface area (Å²) >= 11 is 2.82. The molecule has 1 saturated carbocycles. The molecule has 8 heteroatoms. The third-order valence-electron chi connectivity index (χ3n) is 3.79. The van der Waals surface area contributed by atoms with Crippen LogP contribution in [0, 0.1) is 17.2 Å². The highest BCUT2D eigenvalue weighted by Gasteiger charge is 2.45. The first-order valence-electron chi connectivity index (χ1n) is 6.32. The van der Waals surface area contributed by atoms with E-state index in [0.717, 1.165) is 18.6 Å². The number of amides is 1. The van der Waals surface area contributed by atoms with Gasteiger partial charge in [-0.25, -0.2) is 17.9 Å². The van der Waals surface area contributed by atoms with E-state index in [1.54, 1.807) is 0 Å². The molecule has 0 aromatic heterocycles. The van der Waals surface area contributed by atoms with Crippen LogP contribution in [0.4, 0.5) is 4.39 Å². The molecule has 0 spiro atoms. The van der Waals surface area contributed by atoms with Gasteiger partial charge in [0.05, 0.1) is 9.37 Å². The van der Waals surface area contributed by atoms with Gasteiger partial charge < -0.3 is 5.32 Å². The summed E-state index contributed by atoms with van der Waals surface area (Å²) in [5.41, 5.74) is 0.141. The number of sulfonamides is 1. The number of nitrogens with one attached hydrogen (secondary N) is 1. The molecule has 1 aromatic carbocycles. The molecule has 1 amide bonds. The van der Waals surface area contributed by atoms with Gasteiger partial charge in [-0.3, -0.25) is 4.79 Å². The third-order valence-corrected chi connectivity index (χ3v) is 5.79. The minimum Gasteiger partial charge on any atom is -0.352 e. The van der Waals surface area contributed by atoms with E-state index in [9.17, 15) is 17.6 Å². The second-order valence-electron chi connectivity index (χ2n) is 5.91. The molecule has 0 aliphatic heterocycles. The summed E-state index contributed by atoms with van der Waals surface area (Å²) in [6.45, 7) is 4.68. The highest BCUT2D eigenvalue weighted by Crippen LogP contribution is 2.50. The lowest BCUT2D eigenvalue weighted by molar-refractivity contribution is 0.0950. The van der Waals surface area contributed by atoms with Crippen molar-refractivity contribution in [1.29, 1.82) is 0 Å². The Hall–Kier alpha value is -0.990. The molecule has 1 aliphatic rings. The summed E-state index contributed by atoms with van der Waals surface area (Å²) in [4.78, 5) is 11.6. The molecule has 1 unspecified atom stereocenters. The van der Waals surface area contributed by atoms with Gasteiger partial charge in [0.1, 0.15) is 5.82 Å². The van der Waals surface area contributed by atoms with Crippen LogP contribution in [0.5, 0.6) is 0 Å². The predicted molar refractivity (Wildman–Crippen MR) is 79.7 cm³/mol. The van der Waals surface area contributed by atoms with Crippen LogP contribution in [0.3, 0.4) is 0 Å². The van der Waals surface area contributed by atoms with E-state index in [4.69, 9.17) is 5.14 Å². The predicted octanol–water partition coefficient (Wildman–Crippen LogP) is 2.01. The highest BCUT2D eigenvalue weighted by molar-refractivity contribution is 9.10. The van der Waals surface area contributed by atoms with Crippen molar-refractivity contribution in [2.45, 2.75) is 25.2 Å². The Morgan fingerprint density at radius 2 is 2.10 bits per heavy atom. The normalized spacial score (nSPS) is 20.1. The largest absolute Gasteiger partial charge is 0.352 e. The fourth-order valence-electron chi connectivity index (χ4n) is 2.14. The zero-order valence-corrected chi connectivity index (χ0v) is 14.0. The van der Waals surface area contributed by atoms with Gasteiger partial charge in [0, 0.05) is 12.1 Å². The minimum absolute atomic E-state index is 0.0711. The van der Waals surface area contributed by atoms with Crippen molar-refractivity contribution < 1.29 is 17.6 Å². The summed E-state index contributed by atoms with van der Waals surface area (Å²) < 4.78 is 36.2. The number of rotatable bonds is 4. The number of hydrogen-bond donors (Lipinski definition) is 2. The van der Waals surface area contributed by atoms with Crippen molar-refractivity contribution in [2.75, 3.05) is 6.54 Å². The van der Waals surface area contributed by atoms with Gasteiger partial charge in [0.25, 0.3) is 5.91 Å². The molecule has 0 bridgehead atoms. The molecular weight excluding hydrogens is 363 g/mol. The van der Waals surface area contributed by atoms with E-state index in [0.29, 0.717) is 12.5 Å². The van der Waals surface area contributed by atoms with Gasteiger partial charge in [-0.05, 0) is 45.8 Å². The average molecular weight is 379 g/mol. The van der Waals surface area contributed by atoms with E-state index in [1.165, 1.54) is 0 Å². The SMILES string of the molecule is CC1(C)CC1CNC(=O)c1cc(F)c(Br)c(S(N)(=O)=O)c1. The fourth-order valence-corrected chi connectivity index (χ4v) is 3.69. The zero-order chi connectivity index (χ0) is 16.0. The molecule has 116 valence electrons. The number of halogens is 2. The number of primary sulfonamides is 1. The Kier molecular flexibility index (Phi) is 4.16. The maximum absolute atomic E-state index is 13.7. The molecular formula is C13H16BrFN2O3S. The fraction of sp³-hybridized carbons (Fsp3) is 0.462. The lowest BCUT2D eigenvalue weighted by Crippen LogP contribution is -2.27. The topological polar surface area (TPSA) is 89.3 Å². The number of nitrogens with two attached hydrogens (primary N) is 1. The van der Waals surface area contributed by atoms with Crippen LogP contribution >= 0.6 is 15.9 Å². The van der Waals surface area contributed by atoms with E-state index >= 15 is 0 Å². The Bertz CT molecular complexity index is 704. The van der Waals surface area contributed by atoms with Crippen molar-refractivity contribution in [1.82, 2.24) is 5.32 Å². The molecule has 1 aromatic rings. The quantitative estimate of drug-likeness (QED) is 0.839. The molecule has 0 radical (unpaired) electrons. The standard InChI is InChI=1S/C13H16BrFN2O3S/c1-13(2)5-8(13)6-17-12(18)7-3-9(15)11(14)10(4-7)21(16,19)20/h3-4,8H,5-6H2,1-2H3,(H,17,18)(H2,16,19,20). The molecule has 1 atom stereocenters. The van der Waals surface area contributed by atoms with Crippen LogP contribution in [-0.2, 0) is 10.0 Å². The highest BCUT2D eigenvalue weighted by atomic mass is 79.9. The van der Waals surface area contributed by atoms with Crippen LogP contribution in [0.1, 0.15) is 30.6 Å². The van der Waals surface area contributed by atoms with E-state index < -0.39 is 26.6 Å². The van der Waals surface area contributed by atoms with E-state index in [1.807, 2.05) is 0 Å². The van der Waals surface area contributed by atoms with Crippen LogP contribution in [-0.4, -0.2) is 20.9 Å². The lowest BCUT2D eigenvalue weighted by atomic mass is 10.1. The zero-order valence-electron chi connectivity index (χ0n) is 11.6. The van der Waals surface area contributed by atoms with Gasteiger partial charge in [-0.1, -0.05) is 13.8 Å². The van der Waals surface area contributed by atoms with Gasteiger partial charge in [-0.15, -0.1) is 0 Å². The van der Waals surface area contributed by atoms with Crippen molar-refractivity contribution in [3.8, 4) is 0 Å². The second kappa shape index (κ2) is 5.33. The minimum atomic E-state index is -4.12. The number of benzene rings is 1. The summed E-state index contributed by atoms with van der Waals surface area (Å²) in [6.07, 6.45) is 1.02. The molecule has 1 fully saturated rings. The molecule has 2 rings (SSSR count). The first-order valence-corrected chi connectivity index (χ1v) is 8.66. The third kappa shape index (κ3) is 3.61. The van der Waals surface area contributed by atoms with Gasteiger partial charge >= 0.3 is 0 Å². The summed E-state index contributed by atoms with van der Waals surface area (Å²) in [5, 5.41) is 7.69. The molecule has 21 heavy (non-hydrogen) atoms. The Labute approximate surface area is 131 Å². The summed E-state index contributed by atoms with van der Waals surface area (Å²) in [5.74, 6) is -0.980. The van der Waals surface area contributed by atoms with E-state index in [2.05, 4.69) is 35.1 Å². The molecule has 5 nitrogen and oxygen atoms in total. The van der Waals surface area contributed by atoms with Gasteiger partial charge in [0.2, 0.25) is 10.0 Å². The molecule has 1 aliphatic carbocycles. The van der Waals surface area contributed by atoms with Crippen LogP contribution < -0.4 is 10.5 Å². The summed E-state index contributed by atoms with van der Waals surface area (Å²) in [6, 6.07) is 2.04. The van der Waals surface area contributed by atoms with Crippen molar-refractivity contribution >= 4 is 31.9 Å². The van der Waals surface area contributed by atoms with Gasteiger partial charge in [-0.2, -0.15) is 0 Å². The Morgan fingerprint density at radius 3 is 2.57 bits per heavy atom. The Morgan fingerprint density at radius 1 is 1.52 bits per heavy atom. The molecule has 3 N–H and O–H groups in total. The smallest absolute Gasteiger partial charge is 0.251 e. The Balaban J connectivity index is 2.20. The lowest BCUT2D eigenvalue weighted by Gasteiger charge is -2.09. The maximum atomic E-state index is 13.7. The van der Waals surface area contributed by atoms with Crippen LogP contribution in [0.2, 0.25) is 0 Å². The molecule has 0 heterocycles. The monoisotopic (exact) mass is 378 g/mol.